The Kier molecular flexibility index (Phi) is 6.41. The van der Waals surface area contributed by atoms with Crippen molar-refractivity contribution >= 4 is 28.2 Å². The molecule has 1 fully saturated rings. The third kappa shape index (κ3) is 4.58. The average Bonchev–Trinajstić information content (AvgIpc) is 3.59. The van der Waals surface area contributed by atoms with Crippen molar-refractivity contribution < 1.29 is 13.9 Å². The zero-order valence-electron chi connectivity index (χ0n) is 22.5. The molecule has 1 saturated heterocycles. The Hall–Kier alpha value is -4.41. The second-order valence-corrected chi connectivity index (χ2v) is 9.96. The minimum atomic E-state index is -0.466. The monoisotopic (exact) mass is 530 g/mol. The first-order valence-corrected chi connectivity index (χ1v) is 13.0. The number of H-pyrrole nitrogens is 1. The number of halogens is 1. The van der Waals surface area contributed by atoms with Crippen molar-refractivity contribution in [2.24, 2.45) is 0 Å². The van der Waals surface area contributed by atoms with Crippen LogP contribution in [0.3, 0.4) is 0 Å². The van der Waals surface area contributed by atoms with E-state index in [-0.39, 0.29) is 11.7 Å². The van der Waals surface area contributed by atoms with Crippen LogP contribution in [0, 0.1) is 19.7 Å². The molecule has 0 aliphatic carbocycles. The highest BCUT2D eigenvalue weighted by Crippen LogP contribution is 2.32. The first-order valence-electron chi connectivity index (χ1n) is 13.0. The lowest BCUT2D eigenvalue weighted by atomic mass is 9.97. The molecule has 202 valence electrons. The Morgan fingerprint density at radius 1 is 1.13 bits per heavy atom. The van der Waals surface area contributed by atoms with E-state index in [0.29, 0.717) is 29.0 Å². The fourth-order valence-electron chi connectivity index (χ4n) is 5.31. The van der Waals surface area contributed by atoms with Crippen molar-refractivity contribution in [2.75, 3.05) is 37.5 Å². The number of hydrogen-bond acceptors (Lipinski definition) is 8. The van der Waals surface area contributed by atoms with Crippen LogP contribution in [0.2, 0.25) is 0 Å². The Balaban J connectivity index is 1.40. The van der Waals surface area contributed by atoms with Gasteiger partial charge in [0.05, 0.1) is 37.3 Å². The van der Waals surface area contributed by atoms with E-state index in [1.807, 2.05) is 38.2 Å². The van der Waals surface area contributed by atoms with Gasteiger partial charge >= 0.3 is 0 Å². The van der Waals surface area contributed by atoms with Crippen molar-refractivity contribution in [3.05, 3.63) is 65.0 Å². The fourth-order valence-corrected chi connectivity index (χ4v) is 5.31. The molecule has 3 aromatic heterocycles. The Labute approximate surface area is 225 Å². The first-order chi connectivity index (χ1) is 18.9. The summed E-state index contributed by atoms with van der Waals surface area (Å²) in [5.74, 6) is 1.84. The largest absolute Gasteiger partial charge is 0.497 e. The standard InChI is InChI=1S/C28H31FN8O2/c1-16-10-20(38-3)8-7-18(16)13-30-28-32-23-12-25(39-4)22(29)11-21(23)27-33-26(35-37(27)28)19-6-5-9-36(15-19)24-14-31-34-17(24)2/h7-8,10-12,14,19H,5-6,9,13,15H2,1-4H3,(H,30,32)(H,31,34)/t19-/m1/s1. The molecule has 0 amide bonds. The molecule has 5 aromatic rings. The fraction of sp³-hybridized carbons (Fsp3) is 0.357. The molecule has 0 saturated carbocycles. The van der Waals surface area contributed by atoms with E-state index in [2.05, 4.69) is 20.4 Å². The number of benzene rings is 2. The van der Waals surface area contributed by atoms with Crippen LogP contribution in [0.5, 0.6) is 11.5 Å². The number of methoxy groups -OCH3 is 2. The summed E-state index contributed by atoms with van der Waals surface area (Å²) in [4.78, 5) is 12.1. The number of fused-ring (bicyclic) bond motifs is 3. The summed E-state index contributed by atoms with van der Waals surface area (Å²) < 4.78 is 27.0. The minimum absolute atomic E-state index is 0.114. The van der Waals surface area contributed by atoms with Crippen LogP contribution in [0.25, 0.3) is 16.6 Å². The smallest absolute Gasteiger partial charge is 0.226 e. The third-order valence-electron chi connectivity index (χ3n) is 7.48. The molecule has 0 radical (unpaired) electrons. The maximum absolute atomic E-state index is 14.8. The van der Waals surface area contributed by atoms with Gasteiger partial charge in [0.25, 0.3) is 0 Å². The molecule has 6 rings (SSSR count). The second kappa shape index (κ2) is 10.0. The van der Waals surface area contributed by atoms with Gasteiger partial charge in [0, 0.05) is 37.0 Å². The molecule has 0 unspecified atom stereocenters. The summed E-state index contributed by atoms with van der Waals surface area (Å²) in [6.07, 6.45) is 3.84. The van der Waals surface area contributed by atoms with Gasteiger partial charge in [-0.1, -0.05) is 6.07 Å². The SMILES string of the molecule is COc1ccc(CNc2nc3cc(OC)c(F)cc3c3nc([C@@H]4CCCN(c5cn[nH]c5C)C4)nn23)c(C)c1. The predicted molar refractivity (Wildman–Crippen MR) is 147 cm³/mol. The van der Waals surface area contributed by atoms with Crippen LogP contribution >= 0.6 is 0 Å². The maximum atomic E-state index is 14.8. The Bertz CT molecular complexity index is 1660. The number of aromatic nitrogens is 6. The topological polar surface area (TPSA) is 105 Å². The van der Waals surface area contributed by atoms with Crippen molar-refractivity contribution in [1.82, 2.24) is 29.8 Å². The van der Waals surface area contributed by atoms with Crippen LogP contribution in [0.15, 0.2) is 36.5 Å². The van der Waals surface area contributed by atoms with Gasteiger partial charge in [0.1, 0.15) is 5.75 Å². The van der Waals surface area contributed by atoms with Gasteiger partial charge in [0.2, 0.25) is 5.95 Å². The van der Waals surface area contributed by atoms with Crippen molar-refractivity contribution in [2.45, 2.75) is 39.2 Å². The highest BCUT2D eigenvalue weighted by molar-refractivity contribution is 5.93. The Morgan fingerprint density at radius 2 is 2.00 bits per heavy atom. The molecule has 11 heteroatoms. The number of hydrogen-bond donors (Lipinski definition) is 2. The minimum Gasteiger partial charge on any atom is -0.497 e. The molecule has 1 aliphatic rings. The van der Waals surface area contributed by atoms with E-state index >= 15 is 0 Å². The highest BCUT2D eigenvalue weighted by Gasteiger charge is 2.27. The van der Waals surface area contributed by atoms with Crippen LogP contribution in [-0.2, 0) is 6.54 Å². The van der Waals surface area contributed by atoms with Crippen molar-refractivity contribution in [1.29, 1.82) is 0 Å². The van der Waals surface area contributed by atoms with Gasteiger partial charge in [-0.25, -0.2) is 14.4 Å². The quantitative estimate of drug-likeness (QED) is 0.310. The van der Waals surface area contributed by atoms with Crippen LogP contribution < -0.4 is 19.7 Å². The maximum Gasteiger partial charge on any atom is 0.226 e. The van der Waals surface area contributed by atoms with E-state index in [4.69, 9.17) is 24.5 Å². The summed E-state index contributed by atoms with van der Waals surface area (Å²) in [5.41, 5.74) is 5.47. The number of ether oxygens (including phenoxy) is 2. The van der Waals surface area contributed by atoms with E-state index in [1.165, 1.54) is 13.2 Å². The van der Waals surface area contributed by atoms with Crippen LogP contribution in [0.1, 0.15) is 41.4 Å². The summed E-state index contributed by atoms with van der Waals surface area (Å²) in [7, 11) is 3.10. The molecule has 1 atom stereocenters. The van der Waals surface area contributed by atoms with Gasteiger partial charge < -0.3 is 19.7 Å². The van der Waals surface area contributed by atoms with Crippen LogP contribution in [-0.4, -0.2) is 57.1 Å². The molecule has 0 spiro atoms. The molecule has 2 aromatic carbocycles. The molecular weight excluding hydrogens is 499 g/mol. The number of nitrogens with zero attached hydrogens (tertiary/aromatic N) is 6. The summed E-state index contributed by atoms with van der Waals surface area (Å²) in [5, 5.41) is 16.1. The second-order valence-electron chi connectivity index (χ2n) is 9.96. The molecule has 0 bridgehead atoms. The number of aryl methyl sites for hydroxylation is 2. The molecule has 1 aliphatic heterocycles. The number of aromatic amines is 1. The predicted octanol–water partition coefficient (Wildman–Crippen LogP) is 4.77. The van der Waals surface area contributed by atoms with Gasteiger partial charge in [-0.3, -0.25) is 5.10 Å². The van der Waals surface area contributed by atoms with Gasteiger partial charge in [-0.15, -0.1) is 5.10 Å². The number of piperidine rings is 1. The van der Waals surface area contributed by atoms with E-state index < -0.39 is 5.82 Å². The third-order valence-corrected chi connectivity index (χ3v) is 7.48. The number of rotatable bonds is 7. The average molecular weight is 531 g/mol. The lowest BCUT2D eigenvalue weighted by Gasteiger charge is -2.32. The van der Waals surface area contributed by atoms with E-state index in [9.17, 15) is 4.39 Å². The number of nitrogens with one attached hydrogen (secondary N) is 2. The van der Waals surface area contributed by atoms with Gasteiger partial charge in [-0.05, 0) is 56.0 Å². The normalized spacial score (nSPS) is 15.7. The lowest BCUT2D eigenvalue weighted by molar-refractivity contribution is 0.387. The molecule has 39 heavy (non-hydrogen) atoms. The first kappa shape index (κ1) is 24.9. The summed E-state index contributed by atoms with van der Waals surface area (Å²) >= 11 is 0. The van der Waals surface area contributed by atoms with Crippen molar-refractivity contribution in [3.63, 3.8) is 0 Å². The zero-order chi connectivity index (χ0) is 27.1. The van der Waals surface area contributed by atoms with E-state index in [0.717, 1.165) is 60.0 Å². The van der Waals surface area contributed by atoms with Gasteiger partial charge in [-0.2, -0.15) is 9.61 Å². The Morgan fingerprint density at radius 3 is 2.74 bits per heavy atom. The lowest BCUT2D eigenvalue weighted by Crippen LogP contribution is -2.35. The number of anilines is 2. The summed E-state index contributed by atoms with van der Waals surface area (Å²) in [6.45, 7) is 6.32. The zero-order valence-corrected chi connectivity index (χ0v) is 22.5. The van der Waals surface area contributed by atoms with Gasteiger partial charge in [0.15, 0.2) is 23.0 Å². The van der Waals surface area contributed by atoms with E-state index in [1.54, 1.807) is 17.7 Å². The van der Waals surface area contributed by atoms with Crippen LogP contribution in [0.4, 0.5) is 16.0 Å². The molecule has 10 nitrogen and oxygen atoms in total. The summed E-state index contributed by atoms with van der Waals surface area (Å²) in [6, 6.07) is 8.99. The molecule has 4 heterocycles. The highest BCUT2D eigenvalue weighted by atomic mass is 19.1. The molecule has 2 N–H and O–H groups in total. The van der Waals surface area contributed by atoms with Crippen molar-refractivity contribution in [3.8, 4) is 11.5 Å². The molecular formula is C28H31FN8O2.